The lowest BCUT2D eigenvalue weighted by Crippen LogP contribution is -2.46. The normalized spacial score (nSPS) is 26.7. The molecule has 1 saturated carbocycles. The van der Waals surface area contributed by atoms with Crippen LogP contribution >= 0.6 is 0 Å². The SMILES string of the molecule is NCc1ccccc1CS(=O)(=O)N1CCCC2CCCC21. The van der Waals surface area contributed by atoms with Gasteiger partial charge in [0.05, 0.1) is 5.75 Å². The Morgan fingerprint density at radius 3 is 2.57 bits per heavy atom. The Bertz CT molecular complexity index is 600. The highest BCUT2D eigenvalue weighted by Gasteiger charge is 2.40. The molecule has 1 aromatic carbocycles. The summed E-state index contributed by atoms with van der Waals surface area (Å²) in [5.41, 5.74) is 7.50. The van der Waals surface area contributed by atoms with Gasteiger partial charge in [-0.05, 0) is 42.7 Å². The molecule has 0 spiro atoms. The van der Waals surface area contributed by atoms with Crippen LogP contribution in [0.5, 0.6) is 0 Å². The van der Waals surface area contributed by atoms with Gasteiger partial charge in [0.25, 0.3) is 0 Å². The number of rotatable bonds is 4. The third-order valence-electron chi connectivity index (χ3n) is 4.98. The zero-order chi connectivity index (χ0) is 14.9. The number of sulfonamides is 1. The van der Waals surface area contributed by atoms with E-state index in [2.05, 4.69) is 0 Å². The van der Waals surface area contributed by atoms with Crippen molar-refractivity contribution in [1.29, 1.82) is 0 Å². The number of hydrogen-bond donors (Lipinski definition) is 1. The van der Waals surface area contributed by atoms with Gasteiger partial charge < -0.3 is 5.73 Å². The second-order valence-corrected chi connectivity index (χ2v) is 8.16. The van der Waals surface area contributed by atoms with Gasteiger partial charge in [-0.2, -0.15) is 4.31 Å². The smallest absolute Gasteiger partial charge is 0.218 e. The van der Waals surface area contributed by atoms with Crippen molar-refractivity contribution in [1.82, 2.24) is 4.31 Å². The zero-order valence-corrected chi connectivity index (χ0v) is 13.2. The third kappa shape index (κ3) is 3.00. The van der Waals surface area contributed by atoms with Crippen LogP contribution in [0.15, 0.2) is 24.3 Å². The molecule has 2 unspecified atom stereocenters. The second kappa shape index (κ2) is 6.07. The van der Waals surface area contributed by atoms with Gasteiger partial charge in [0, 0.05) is 19.1 Å². The Kier molecular flexibility index (Phi) is 4.33. The van der Waals surface area contributed by atoms with Crippen molar-refractivity contribution >= 4 is 10.0 Å². The van der Waals surface area contributed by atoms with E-state index >= 15 is 0 Å². The van der Waals surface area contributed by atoms with E-state index in [1.54, 1.807) is 4.31 Å². The van der Waals surface area contributed by atoms with Gasteiger partial charge >= 0.3 is 0 Å². The average Bonchev–Trinajstić information content (AvgIpc) is 2.95. The van der Waals surface area contributed by atoms with Crippen molar-refractivity contribution in [2.45, 2.75) is 50.4 Å². The van der Waals surface area contributed by atoms with Gasteiger partial charge in [-0.1, -0.05) is 30.7 Å². The Balaban J connectivity index is 1.83. The molecule has 1 aromatic rings. The largest absolute Gasteiger partial charge is 0.326 e. The maximum Gasteiger partial charge on any atom is 0.218 e. The summed E-state index contributed by atoms with van der Waals surface area (Å²) in [6.45, 7) is 1.08. The minimum Gasteiger partial charge on any atom is -0.326 e. The number of fused-ring (bicyclic) bond motifs is 1. The lowest BCUT2D eigenvalue weighted by Gasteiger charge is -2.36. The molecule has 116 valence electrons. The third-order valence-corrected chi connectivity index (χ3v) is 6.82. The first-order valence-electron chi connectivity index (χ1n) is 7.88. The van der Waals surface area contributed by atoms with Crippen LogP contribution in [-0.2, 0) is 22.3 Å². The Morgan fingerprint density at radius 1 is 1.10 bits per heavy atom. The molecule has 0 bridgehead atoms. The van der Waals surface area contributed by atoms with Crippen LogP contribution < -0.4 is 5.73 Å². The van der Waals surface area contributed by atoms with Gasteiger partial charge in [0.2, 0.25) is 10.0 Å². The average molecular weight is 308 g/mol. The summed E-state index contributed by atoms with van der Waals surface area (Å²) < 4.78 is 27.5. The fourth-order valence-corrected chi connectivity index (χ4v) is 5.87. The molecule has 2 fully saturated rings. The fraction of sp³-hybridized carbons (Fsp3) is 0.625. The molecule has 0 radical (unpaired) electrons. The van der Waals surface area contributed by atoms with Crippen molar-refractivity contribution in [2.75, 3.05) is 6.54 Å². The van der Waals surface area contributed by atoms with E-state index in [0.717, 1.165) is 24.0 Å². The highest BCUT2D eigenvalue weighted by molar-refractivity contribution is 7.88. The molecule has 0 aromatic heterocycles. The molecule has 3 rings (SSSR count). The molecule has 1 saturated heterocycles. The maximum atomic E-state index is 12.9. The first-order valence-corrected chi connectivity index (χ1v) is 9.49. The number of benzene rings is 1. The van der Waals surface area contributed by atoms with E-state index in [1.807, 2.05) is 24.3 Å². The minimum absolute atomic E-state index is 0.0869. The predicted molar refractivity (Wildman–Crippen MR) is 84.0 cm³/mol. The van der Waals surface area contributed by atoms with Gasteiger partial charge in [0.15, 0.2) is 0 Å². The molecule has 5 heteroatoms. The predicted octanol–water partition coefficient (Wildman–Crippen LogP) is 2.24. The monoisotopic (exact) mass is 308 g/mol. The maximum absolute atomic E-state index is 12.9. The molecule has 4 nitrogen and oxygen atoms in total. The van der Waals surface area contributed by atoms with Gasteiger partial charge in [0.1, 0.15) is 0 Å². The lowest BCUT2D eigenvalue weighted by molar-refractivity contribution is 0.202. The summed E-state index contributed by atoms with van der Waals surface area (Å²) in [6, 6.07) is 7.84. The summed E-state index contributed by atoms with van der Waals surface area (Å²) in [5, 5.41) is 0. The van der Waals surface area contributed by atoms with E-state index in [0.29, 0.717) is 19.0 Å². The summed E-state index contributed by atoms with van der Waals surface area (Å²) in [7, 11) is -3.25. The highest BCUT2D eigenvalue weighted by atomic mass is 32.2. The van der Waals surface area contributed by atoms with Gasteiger partial charge in [-0.15, -0.1) is 0 Å². The van der Waals surface area contributed by atoms with Crippen LogP contribution in [0.1, 0.15) is 43.2 Å². The fourth-order valence-electron chi connectivity index (χ4n) is 3.93. The number of nitrogens with zero attached hydrogens (tertiary/aromatic N) is 1. The first kappa shape index (κ1) is 15.0. The van der Waals surface area contributed by atoms with Crippen molar-refractivity contribution in [2.24, 2.45) is 11.7 Å². The highest BCUT2D eigenvalue weighted by Crippen LogP contribution is 2.38. The van der Waals surface area contributed by atoms with Crippen molar-refractivity contribution in [3.8, 4) is 0 Å². The lowest BCUT2D eigenvalue weighted by atomic mass is 9.94. The van der Waals surface area contributed by atoms with E-state index < -0.39 is 10.0 Å². The van der Waals surface area contributed by atoms with E-state index in [-0.39, 0.29) is 11.8 Å². The van der Waals surface area contributed by atoms with Crippen LogP contribution in [0, 0.1) is 5.92 Å². The summed E-state index contributed by atoms with van der Waals surface area (Å²) in [5.74, 6) is 0.669. The topological polar surface area (TPSA) is 63.4 Å². The van der Waals surface area contributed by atoms with Crippen molar-refractivity contribution in [3.05, 3.63) is 35.4 Å². The molecule has 0 amide bonds. The molecule has 2 aliphatic rings. The van der Waals surface area contributed by atoms with Crippen LogP contribution in [0.4, 0.5) is 0 Å². The standard InChI is InChI=1S/C16H24N2O2S/c17-11-14-5-1-2-6-15(14)12-21(19,20)18-10-4-8-13-7-3-9-16(13)18/h1-2,5-6,13,16H,3-4,7-12,17H2. The Hall–Kier alpha value is -0.910. The minimum atomic E-state index is -3.25. The van der Waals surface area contributed by atoms with Crippen LogP contribution in [0.2, 0.25) is 0 Å². The summed E-state index contributed by atoms with van der Waals surface area (Å²) in [4.78, 5) is 0. The van der Waals surface area contributed by atoms with Crippen LogP contribution in [0.25, 0.3) is 0 Å². The van der Waals surface area contributed by atoms with E-state index in [9.17, 15) is 8.42 Å². The van der Waals surface area contributed by atoms with Crippen LogP contribution in [-0.4, -0.2) is 25.3 Å². The number of hydrogen-bond acceptors (Lipinski definition) is 3. The van der Waals surface area contributed by atoms with Gasteiger partial charge in [-0.25, -0.2) is 8.42 Å². The molecule has 1 heterocycles. The zero-order valence-electron chi connectivity index (χ0n) is 12.4. The number of piperidine rings is 1. The van der Waals surface area contributed by atoms with Crippen molar-refractivity contribution < 1.29 is 8.42 Å². The molecule has 2 atom stereocenters. The molecule has 1 aliphatic heterocycles. The van der Waals surface area contributed by atoms with Gasteiger partial charge in [-0.3, -0.25) is 0 Å². The molecular formula is C16H24N2O2S. The van der Waals surface area contributed by atoms with E-state index in [1.165, 1.54) is 19.3 Å². The number of nitrogens with two attached hydrogens (primary N) is 1. The molecular weight excluding hydrogens is 284 g/mol. The van der Waals surface area contributed by atoms with E-state index in [4.69, 9.17) is 5.73 Å². The molecule has 2 N–H and O–H groups in total. The van der Waals surface area contributed by atoms with Crippen molar-refractivity contribution in [3.63, 3.8) is 0 Å². The summed E-state index contributed by atoms with van der Waals surface area (Å²) >= 11 is 0. The molecule has 1 aliphatic carbocycles. The summed E-state index contributed by atoms with van der Waals surface area (Å²) in [6.07, 6.45) is 5.58. The first-order chi connectivity index (χ1) is 10.1. The molecule has 21 heavy (non-hydrogen) atoms. The Labute approximate surface area is 127 Å². The Morgan fingerprint density at radius 2 is 1.81 bits per heavy atom. The second-order valence-electron chi connectivity index (χ2n) is 6.24. The van der Waals surface area contributed by atoms with Crippen LogP contribution in [0.3, 0.4) is 0 Å². The quantitative estimate of drug-likeness (QED) is 0.928.